The summed E-state index contributed by atoms with van der Waals surface area (Å²) >= 11 is 0. The minimum atomic E-state index is -4.66. The van der Waals surface area contributed by atoms with Crippen LogP contribution in [0.3, 0.4) is 0 Å². The van der Waals surface area contributed by atoms with E-state index < -0.39 is 28.3 Å². The highest BCUT2D eigenvalue weighted by molar-refractivity contribution is 7.87. The summed E-state index contributed by atoms with van der Waals surface area (Å²) in [6.07, 6.45) is 0.112. The number of allylic oxidation sites excluding steroid dienone is 2. The molecule has 2 aliphatic rings. The molecule has 1 saturated carbocycles. The lowest BCUT2D eigenvalue weighted by molar-refractivity contribution is -0.137. The number of alkyl halides is 3. The highest BCUT2D eigenvalue weighted by atomic mass is 32.2. The summed E-state index contributed by atoms with van der Waals surface area (Å²) in [5, 5.41) is 18.0. The Morgan fingerprint density at radius 2 is 2.04 bits per heavy atom. The third-order valence-corrected chi connectivity index (χ3v) is 6.30. The van der Waals surface area contributed by atoms with Crippen LogP contribution in [0.15, 0.2) is 30.4 Å². The predicted octanol–water partition coefficient (Wildman–Crippen LogP) is 2.84. The zero-order valence-corrected chi connectivity index (χ0v) is 13.3. The zero-order chi connectivity index (χ0) is 17.5. The molecule has 2 N–H and O–H groups in total. The van der Waals surface area contributed by atoms with Crippen LogP contribution in [0.5, 0.6) is 0 Å². The summed E-state index contributed by atoms with van der Waals surface area (Å²) in [6, 6.07) is 4.68. The number of benzene rings is 1. The molecule has 0 saturated heterocycles. The highest BCUT2D eigenvalue weighted by Crippen LogP contribution is 2.46. The smallest absolute Gasteiger partial charge is 0.396 e. The molecule has 0 aromatic heterocycles. The highest BCUT2D eigenvalue weighted by Gasteiger charge is 2.47. The fourth-order valence-electron chi connectivity index (χ4n) is 3.56. The van der Waals surface area contributed by atoms with Crippen LogP contribution in [0.4, 0.5) is 18.9 Å². The van der Waals surface area contributed by atoms with Crippen molar-refractivity contribution in [3.8, 4) is 6.07 Å². The van der Waals surface area contributed by atoms with Gasteiger partial charge in [-0.2, -0.15) is 18.4 Å². The first-order chi connectivity index (χ1) is 11.3. The molecule has 0 radical (unpaired) electrons. The fraction of sp³-hybridized carbons (Fsp3) is 0.438. The van der Waals surface area contributed by atoms with Crippen molar-refractivity contribution < 1.29 is 22.5 Å². The maximum absolute atomic E-state index is 13.0. The van der Waals surface area contributed by atoms with Crippen molar-refractivity contribution in [3.63, 3.8) is 0 Å². The average Bonchev–Trinajstić information content (AvgIpc) is 3.14. The van der Waals surface area contributed by atoms with Crippen LogP contribution in [-0.4, -0.2) is 21.2 Å². The molecule has 24 heavy (non-hydrogen) atoms. The number of hydrogen-bond donors (Lipinski definition) is 2. The number of nitrogens with zero attached hydrogens (tertiary/aromatic N) is 1. The van der Waals surface area contributed by atoms with Gasteiger partial charge in [0.1, 0.15) is 11.0 Å². The van der Waals surface area contributed by atoms with Gasteiger partial charge in [0, 0.05) is 18.2 Å². The lowest BCUT2D eigenvalue weighted by Crippen LogP contribution is -2.35. The van der Waals surface area contributed by atoms with Crippen molar-refractivity contribution >= 4 is 16.7 Å². The molecule has 0 spiro atoms. The number of halogens is 3. The summed E-state index contributed by atoms with van der Waals surface area (Å²) < 4.78 is 54.2. The van der Waals surface area contributed by atoms with Crippen LogP contribution in [-0.2, 0) is 17.2 Å². The first-order valence-electron chi connectivity index (χ1n) is 7.43. The van der Waals surface area contributed by atoms with Crippen LogP contribution in [0.2, 0.25) is 0 Å². The number of aliphatic hydroxyl groups excluding tert-OH is 1. The van der Waals surface area contributed by atoms with Crippen LogP contribution in [0.1, 0.15) is 17.5 Å². The van der Waals surface area contributed by atoms with Gasteiger partial charge in [-0.15, -0.1) is 0 Å². The summed E-state index contributed by atoms with van der Waals surface area (Å²) in [6.45, 7) is -0.106. The van der Waals surface area contributed by atoms with Gasteiger partial charge in [-0.3, -0.25) is 0 Å². The average molecular weight is 356 g/mol. The first-order valence-corrected chi connectivity index (χ1v) is 8.64. The van der Waals surface area contributed by atoms with E-state index in [1.807, 2.05) is 12.2 Å². The van der Waals surface area contributed by atoms with Crippen molar-refractivity contribution in [2.75, 3.05) is 11.3 Å². The van der Waals surface area contributed by atoms with E-state index >= 15 is 0 Å². The van der Waals surface area contributed by atoms with Crippen LogP contribution in [0, 0.1) is 29.1 Å². The Labute approximate surface area is 139 Å². The molecule has 3 rings (SSSR count). The second-order valence-corrected chi connectivity index (χ2v) is 7.37. The Kier molecular flexibility index (Phi) is 4.40. The Bertz CT molecular complexity index is 742. The molecule has 0 aliphatic heterocycles. The van der Waals surface area contributed by atoms with Crippen molar-refractivity contribution in [2.24, 2.45) is 17.8 Å². The van der Waals surface area contributed by atoms with Crippen molar-refractivity contribution in [3.05, 3.63) is 41.5 Å². The zero-order valence-electron chi connectivity index (χ0n) is 12.5. The van der Waals surface area contributed by atoms with E-state index in [0.717, 1.165) is 18.6 Å². The van der Waals surface area contributed by atoms with Gasteiger partial charge in [0.15, 0.2) is 0 Å². The molecule has 2 bridgehead atoms. The molecule has 0 amide bonds. The Hall–Kier alpha value is -1.85. The van der Waals surface area contributed by atoms with Gasteiger partial charge >= 0.3 is 6.18 Å². The molecule has 8 heteroatoms. The van der Waals surface area contributed by atoms with E-state index in [0.29, 0.717) is 0 Å². The number of anilines is 1. The monoisotopic (exact) mass is 356 g/mol. The normalized spacial score (nSPS) is 29.5. The Morgan fingerprint density at radius 3 is 2.67 bits per heavy atom. The van der Waals surface area contributed by atoms with E-state index in [-0.39, 0.29) is 35.3 Å². The molecular formula is C16H15F3N2O2S. The van der Waals surface area contributed by atoms with Crippen LogP contribution in [0.25, 0.3) is 0 Å². The summed E-state index contributed by atoms with van der Waals surface area (Å²) in [7, 11) is -1.63. The Balaban J connectivity index is 1.83. The molecule has 5 atom stereocenters. The third-order valence-electron chi connectivity index (χ3n) is 4.67. The van der Waals surface area contributed by atoms with Gasteiger partial charge in [0.25, 0.3) is 0 Å². The van der Waals surface area contributed by atoms with Crippen LogP contribution < -0.4 is 4.72 Å². The molecule has 4 nitrogen and oxygen atoms in total. The number of nitriles is 1. The summed E-state index contributed by atoms with van der Waals surface area (Å²) in [5.41, 5.74) is -1.49. The molecule has 0 heterocycles. The largest absolute Gasteiger partial charge is 0.417 e. The Morgan fingerprint density at radius 1 is 1.33 bits per heavy atom. The van der Waals surface area contributed by atoms with Gasteiger partial charge in [-0.25, -0.2) is 4.21 Å². The van der Waals surface area contributed by atoms with Gasteiger partial charge in [0.05, 0.1) is 22.4 Å². The van der Waals surface area contributed by atoms with E-state index in [2.05, 4.69) is 4.72 Å². The minimum Gasteiger partial charge on any atom is -0.396 e. The molecule has 1 unspecified atom stereocenters. The van der Waals surface area contributed by atoms with E-state index in [1.165, 1.54) is 12.1 Å². The quantitative estimate of drug-likeness (QED) is 0.815. The minimum absolute atomic E-state index is 0.0445. The topological polar surface area (TPSA) is 73.1 Å². The standard InChI is InChI=1S/C16H15F3N2O2S/c17-16(18,19)14-6-12(4-3-11(14)7-20)21-24(23)15-10-2-1-9(5-10)13(15)8-22/h1-4,6,9-10,13,15,21-22H,5,8H2/t9-,10+,13-,15+,24?/m0/s1. The lowest BCUT2D eigenvalue weighted by Gasteiger charge is -2.26. The van der Waals surface area contributed by atoms with Crippen molar-refractivity contribution in [2.45, 2.75) is 17.8 Å². The van der Waals surface area contributed by atoms with E-state index in [1.54, 1.807) is 0 Å². The number of nitrogens with one attached hydrogen (secondary N) is 1. The van der Waals surface area contributed by atoms with Gasteiger partial charge in [0.2, 0.25) is 0 Å². The molecule has 1 aromatic carbocycles. The molecule has 1 fully saturated rings. The van der Waals surface area contributed by atoms with Gasteiger partial charge in [-0.1, -0.05) is 12.2 Å². The van der Waals surface area contributed by atoms with E-state index in [4.69, 9.17) is 5.26 Å². The van der Waals surface area contributed by atoms with Gasteiger partial charge < -0.3 is 9.83 Å². The SMILES string of the molecule is N#Cc1ccc(NS(=O)[C@H]2[C@@H](CO)[C@H]3C=C[C@@H]2C3)cc1C(F)(F)F. The lowest BCUT2D eigenvalue weighted by atomic mass is 9.94. The second kappa shape index (κ2) is 6.22. The maximum Gasteiger partial charge on any atom is 0.417 e. The fourth-order valence-corrected chi connectivity index (χ4v) is 5.18. The van der Waals surface area contributed by atoms with Crippen LogP contribution >= 0.6 is 0 Å². The predicted molar refractivity (Wildman–Crippen MR) is 83.0 cm³/mol. The summed E-state index contributed by atoms with van der Waals surface area (Å²) in [4.78, 5) is 0. The molecular weight excluding hydrogens is 341 g/mol. The molecule has 1 aromatic rings. The third kappa shape index (κ3) is 2.94. The summed E-state index contributed by atoms with van der Waals surface area (Å²) in [5.74, 6) is 0.0669. The number of hydrogen-bond acceptors (Lipinski definition) is 3. The molecule has 2 aliphatic carbocycles. The van der Waals surface area contributed by atoms with Gasteiger partial charge in [-0.05, 0) is 36.5 Å². The first kappa shape index (κ1) is 17.0. The number of fused-ring (bicyclic) bond motifs is 2. The van der Waals surface area contributed by atoms with Crippen molar-refractivity contribution in [1.82, 2.24) is 0 Å². The van der Waals surface area contributed by atoms with E-state index in [9.17, 15) is 22.5 Å². The second-order valence-electron chi connectivity index (χ2n) is 6.03. The number of aliphatic hydroxyl groups is 1. The molecule has 128 valence electrons. The number of rotatable bonds is 4. The maximum atomic E-state index is 13.0. The van der Waals surface area contributed by atoms with Crippen molar-refractivity contribution in [1.29, 1.82) is 5.26 Å².